The van der Waals surface area contributed by atoms with Crippen molar-refractivity contribution in [3.63, 3.8) is 0 Å². The van der Waals surface area contributed by atoms with Crippen LogP contribution in [0, 0.1) is 0 Å². The summed E-state index contributed by atoms with van der Waals surface area (Å²) in [7, 11) is 1.25. The van der Waals surface area contributed by atoms with Gasteiger partial charge in [0.25, 0.3) is 5.91 Å². The fourth-order valence-electron chi connectivity index (χ4n) is 1.79. The molecule has 25 heavy (non-hydrogen) atoms. The van der Waals surface area contributed by atoms with Crippen LogP contribution in [0.25, 0.3) is 0 Å². The zero-order valence-corrected chi connectivity index (χ0v) is 14.4. The van der Waals surface area contributed by atoms with E-state index in [9.17, 15) is 14.4 Å². The Morgan fingerprint density at radius 3 is 2.56 bits per heavy atom. The van der Waals surface area contributed by atoms with Crippen LogP contribution in [0.1, 0.15) is 20.7 Å². The molecule has 2 rings (SSSR count). The Morgan fingerprint density at radius 2 is 1.88 bits per heavy atom. The minimum Gasteiger partial charge on any atom is -0.465 e. The highest BCUT2D eigenvalue weighted by molar-refractivity contribution is 6.41. The second-order valence-corrected chi connectivity index (χ2v) is 5.46. The molecule has 0 bridgehead atoms. The number of nitrogens with zero attached hydrogens (tertiary/aromatic N) is 1. The Bertz CT molecular complexity index is 826. The van der Waals surface area contributed by atoms with E-state index in [4.69, 9.17) is 27.9 Å². The summed E-state index contributed by atoms with van der Waals surface area (Å²) < 4.78 is 9.47. The van der Waals surface area contributed by atoms with Gasteiger partial charge in [0.05, 0.1) is 23.3 Å². The molecule has 1 aromatic carbocycles. The van der Waals surface area contributed by atoms with Crippen molar-refractivity contribution in [3.8, 4) is 0 Å². The first-order valence-electron chi connectivity index (χ1n) is 6.87. The fraction of sp³-hybridized carbons (Fsp3) is 0.125. The van der Waals surface area contributed by atoms with Crippen molar-refractivity contribution < 1.29 is 23.9 Å². The summed E-state index contributed by atoms with van der Waals surface area (Å²) >= 11 is 11.4. The number of esters is 2. The number of ether oxygens (including phenoxy) is 2. The highest BCUT2D eigenvalue weighted by Crippen LogP contribution is 2.20. The average molecular weight is 383 g/mol. The van der Waals surface area contributed by atoms with Gasteiger partial charge in [-0.15, -0.1) is 0 Å². The monoisotopic (exact) mass is 382 g/mol. The minimum absolute atomic E-state index is 0.0569. The van der Waals surface area contributed by atoms with Crippen LogP contribution in [0.5, 0.6) is 0 Å². The molecule has 0 fully saturated rings. The molecule has 1 N–H and O–H groups in total. The van der Waals surface area contributed by atoms with Crippen LogP contribution in [0.4, 0.5) is 5.69 Å². The van der Waals surface area contributed by atoms with Gasteiger partial charge in [-0.3, -0.25) is 4.79 Å². The normalized spacial score (nSPS) is 10.0. The number of rotatable bonds is 5. The van der Waals surface area contributed by atoms with E-state index in [0.717, 1.165) is 0 Å². The van der Waals surface area contributed by atoms with Crippen molar-refractivity contribution in [2.24, 2.45) is 0 Å². The van der Waals surface area contributed by atoms with Crippen molar-refractivity contribution in [1.82, 2.24) is 4.98 Å². The molecule has 1 amide bonds. The van der Waals surface area contributed by atoms with Crippen LogP contribution >= 0.6 is 23.2 Å². The van der Waals surface area contributed by atoms with E-state index in [-0.39, 0.29) is 21.3 Å². The summed E-state index contributed by atoms with van der Waals surface area (Å²) in [5, 5.41) is 2.66. The van der Waals surface area contributed by atoms with E-state index in [1.165, 1.54) is 25.4 Å². The zero-order valence-electron chi connectivity index (χ0n) is 12.9. The lowest BCUT2D eigenvalue weighted by Gasteiger charge is -2.08. The van der Waals surface area contributed by atoms with Crippen LogP contribution in [0.15, 0.2) is 36.5 Å². The van der Waals surface area contributed by atoms with E-state index in [0.29, 0.717) is 5.69 Å². The molecule has 7 nitrogen and oxygen atoms in total. The van der Waals surface area contributed by atoms with Crippen LogP contribution in [0.2, 0.25) is 10.2 Å². The largest absolute Gasteiger partial charge is 0.465 e. The van der Waals surface area contributed by atoms with Gasteiger partial charge >= 0.3 is 11.9 Å². The van der Waals surface area contributed by atoms with Gasteiger partial charge < -0.3 is 14.8 Å². The minimum atomic E-state index is -0.774. The molecule has 130 valence electrons. The average Bonchev–Trinajstić information content (AvgIpc) is 2.61. The molecule has 0 aliphatic heterocycles. The zero-order chi connectivity index (χ0) is 18.4. The van der Waals surface area contributed by atoms with E-state index in [1.54, 1.807) is 18.2 Å². The van der Waals surface area contributed by atoms with Crippen molar-refractivity contribution >= 4 is 46.7 Å². The summed E-state index contributed by atoms with van der Waals surface area (Å²) in [4.78, 5) is 38.9. The first-order chi connectivity index (χ1) is 11.9. The van der Waals surface area contributed by atoms with Gasteiger partial charge in [0.1, 0.15) is 5.15 Å². The first-order valence-corrected chi connectivity index (χ1v) is 7.62. The summed E-state index contributed by atoms with van der Waals surface area (Å²) in [5.41, 5.74) is 0.703. The predicted molar refractivity (Wildman–Crippen MR) is 91.0 cm³/mol. The van der Waals surface area contributed by atoms with Gasteiger partial charge in [-0.2, -0.15) is 0 Å². The number of hydrogen-bond acceptors (Lipinski definition) is 6. The van der Waals surface area contributed by atoms with Gasteiger partial charge in [-0.25, -0.2) is 14.6 Å². The molecule has 1 aromatic heterocycles. The number of carbonyl (C=O) groups is 3. The molecule has 0 aliphatic rings. The Morgan fingerprint density at radius 1 is 1.12 bits per heavy atom. The third-order valence-electron chi connectivity index (χ3n) is 2.93. The number of aromatic nitrogens is 1. The third kappa shape index (κ3) is 5.17. The number of methoxy groups -OCH3 is 1. The lowest BCUT2D eigenvalue weighted by atomic mass is 10.2. The number of carbonyl (C=O) groups excluding carboxylic acids is 3. The molecule has 0 saturated heterocycles. The molecule has 0 spiro atoms. The number of halogens is 2. The topological polar surface area (TPSA) is 94.6 Å². The number of anilines is 1. The SMILES string of the molecule is COC(=O)c1cccc(NC(=O)COC(=O)c2cnc(Cl)c(Cl)c2)c1. The molecular formula is C16H12Cl2N2O5. The Hall–Kier alpha value is -2.64. The van der Waals surface area contributed by atoms with Gasteiger partial charge in [-0.05, 0) is 24.3 Å². The smallest absolute Gasteiger partial charge is 0.340 e. The number of benzene rings is 1. The molecule has 2 aromatic rings. The Balaban J connectivity index is 1.93. The number of hydrogen-bond donors (Lipinski definition) is 1. The van der Waals surface area contributed by atoms with Crippen LogP contribution in [0.3, 0.4) is 0 Å². The quantitative estimate of drug-likeness (QED) is 0.630. The molecule has 0 aliphatic carbocycles. The maximum Gasteiger partial charge on any atom is 0.340 e. The van der Waals surface area contributed by atoms with Crippen LogP contribution in [-0.2, 0) is 14.3 Å². The van der Waals surface area contributed by atoms with E-state index < -0.39 is 24.5 Å². The van der Waals surface area contributed by atoms with Gasteiger partial charge in [0.15, 0.2) is 6.61 Å². The standard InChI is InChI=1S/C16H12Cl2N2O5/c1-24-15(22)9-3-2-4-11(5-9)20-13(21)8-25-16(23)10-6-12(17)14(18)19-7-10/h2-7H,8H2,1H3,(H,20,21). The van der Waals surface area contributed by atoms with Gasteiger partial charge in [0, 0.05) is 11.9 Å². The molecule has 0 saturated carbocycles. The maximum atomic E-state index is 11.9. The van der Waals surface area contributed by atoms with Crippen molar-refractivity contribution in [2.75, 3.05) is 19.0 Å². The van der Waals surface area contributed by atoms with Gasteiger partial charge in [-0.1, -0.05) is 29.3 Å². The van der Waals surface area contributed by atoms with Crippen molar-refractivity contribution in [2.45, 2.75) is 0 Å². The third-order valence-corrected chi connectivity index (χ3v) is 3.62. The van der Waals surface area contributed by atoms with Crippen LogP contribution < -0.4 is 5.32 Å². The van der Waals surface area contributed by atoms with E-state index >= 15 is 0 Å². The summed E-state index contributed by atoms with van der Waals surface area (Å²) in [6.45, 7) is -0.526. The summed E-state index contributed by atoms with van der Waals surface area (Å²) in [6, 6.07) is 7.43. The number of amides is 1. The van der Waals surface area contributed by atoms with Crippen LogP contribution in [-0.4, -0.2) is 36.5 Å². The number of nitrogens with one attached hydrogen (secondary N) is 1. The molecule has 9 heteroatoms. The lowest BCUT2D eigenvalue weighted by molar-refractivity contribution is -0.119. The highest BCUT2D eigenvalue weighted by Gasteiger charge is 2.13. The van der Waals surface area contributed by atoms with E-state index in [1.807, 2.05) is 0 Å². The Kier molecular flexibility index (Phi) is 6.32. The molecule has 1 heterocycles. The second kappa shape index (κ2) is 8.46. The summed E-state index contributed by atoms with van der Waals surface area (Å²) in [5.74, 6) is -1.89. The van der Waals surface area contributed by atoms with Gasteiger partial charge in [0.2, 0.25) is 0 Å². The molecule has 0 unspecified atom stereocenters. The molecular weight excluding hydrogens is 371 g/mol. The number of pyridine rings is 1. The lowest BCUT2D eigenvalue weighted by Crippen LogP contribution is -2.21. The van der Waals surface area contributed by atoms with Crippen molar-refractivity contribution in [3.05, 3.63) is 57.8 Å². The molecule has 0 radical (unpaired) electrons. The second-order valence-electron chi connectivity index (χ2n) is 4.69. The fourth-order valence-corrected chi connectivity index (χ4v) is 2.06. The Labute approximate surface area is 152 Å². The van der Waals surface area contributed by atoms with Crippen molar-refractivity contribution in [1.29, 1.82) is 0 Å². The molecule has 0 atom stereocenters. The predicted octanol–water partition coefficient (Wildman–Crippen LogP) is 2.97. The first kappa shape index (κ1) is 18.7. The highest BCUT2D eigenvalue weighted by atomic mass is 35.5. The van der Waals surface area contributed by atoms with E-state index in [2.05, 4.69) is 15.0 Å². The summed E-state index contributed by atoms with van der Waals surface area (Å²) in [6.07, 6.45) is 1.19. The maximum absolute atomic E-state index is 11.9.